The first-order valence-corrected chi connectivity index (χ1v) is 13.3. The first kappa shape index (κ1) is 27.9. The van der Waals surface area contributed by atoms with Gasteiger partial charge in [0, 0.05) is 61.7 Å². The molecule has 0 bridgehead atoms. The lowest BCUT2D eigenvalue weighted by Crippen LogP contribution is -2.54. The molecule has 2 aliphatic rings. The highest BCUT2D eigenvalue weighted by molar-refractivity contribution is 6.33. The molecule has 1 aromatic carbocycles. The number of amides is 1. The van der Waals surface area contributed by atoms with Gasteiger partial charge in [0.1, 0.15) is 23.0 Å². The predicted molar refractivity (Wildman–Crippen MR) is 151 cm³/mol. The standard InChI is InChI=1S/C29H34ClF2N5O/c1-6-8-9-10-21(31)13-22-24(30)14-23-27(26(22)32)33-28(20-16-36(17-20)18(3)4)34-29(23)35-11-12-37(19(5)15-35)25(38)7-2/h6-10,13-14,18-20H,2,11-12,15-17H2,1,3-5H3/b8-6+,10-9-,21-13-. The third kappa shape index (κ3) is 5.66. The summed E-state index contributed by atoms with van der Waals surface area (Å²) in [6.07, 6.45) is 8.63. The van der Waals surface area contributed by atoms with Crippen molar-refractivity contribution in [2.75, 3.05) is 37.6 Å². The Labute approximate surface area is 228 Å². The Hall–Kier alpha value is -3.10. The van der Waals surface area contributed by atoms with E-state index in [1.54, 1.807) is 23.1 Å². The Morgan fingerprint density at radius 1 is 1.21 bits per heavy atom. The second-order valence-corrected chi connectivity index (χ2v) is 10.5. The minimum atomic E-state index is -0.680. The summed E-state index contributed by atoms with van der Waals surface area (Å²) in [7, 11) is 0. The highest BCUT2D eigenvalue weighted by Crippen LogP contribution is 2.37. The number of hydrogen-bond acceptors (Lipinski definition) is 5. The number of benzene rings is 1. The van der Waals surface area contributed by atoms with Crippen LogP contribution in [0.2, 0.25) is 5.02 Å². The Morgan fingerprint density at radius 2 is 1.95 bits per heavy atom. The molecule has 1 unspecified atom stereocenters. The van der Waals surface area contributed by atoms with E-state index >= 15 is 4.39 Å². The first-order valence-electron chi connectivity index (χ1n) is 12.9. The zero-order chi connectivity index (χ0) is 27.6. The van der Waals surface area contributed by atoms with Gasteiger partial charge < -0.3 is 9.80 Å². The van der Waals surface area contributed by atoms with Gasteiger partial charge in [-0.15, -0.1) is 0 Å². The molecule has 0 N–H and O–H groups in total. The number of likely N-dealkylation sites (tertiary alicyclic amines) is 1. The maximum absolute atomic E-state index is 16.0. The third-order valence-electron chi connectivity index (χ3n) is 7.15. The van der Waals surface area contributed by atoms with Gasteiger partial charge in [-0.1, -0.05) is 36.4 Å². The molecular weight excluding hydrogens is 508 g/mol. The van der Waals surface area contributed by atoms with Gasteiger partial charge in [0.15, 0.2) is 5.82 Å². The van der Waals surface area contributed by atoms with Crippen molar-refractivity contribution < 1.29 is 13.6 Å². The van der Waals surface area contributed by atoms with E-state index in [-0.39, 0.29) is 34.0 Å². The number of fused-ring (bicyclic) bond motifs is 1. The van der Waals surface area contributed by atoms with Crippen molar-refractivity contribution in [3.8, 4) is 0 Å². The van der Waals surface area contributed by atoms with Crippen LogP contribution in [0.1, 0.15) is 45.0 Å². The lowest BCUT2D eigenvalue weighted by molar-refractivity contribution is -0.128. The highest BCUT2D eigenvalue weighted by atomic mass is 35.5. The number of halogens is 3. The van der Waals surface area contributed by atoms with E-state index in [0.717, 1.165) is 19.2 Å². The van der Waals surface area contributed by atoms with Crippen molar-refractivity contribution in [1.29, 1.82) is 0 Å². The van der Waals surface area contributed by atoms with Crippen LogP contribution >= 0.6 is 11.6 Å². The molecule has 0 spiro atoms. The van der Waals surface area contributed by atoms with E-state index in [4.69, 9.17) is 16.6 Å². The molecule has 2 saturated heterocycles. The van der Waals surface area contributed by atoms with Crippen molar-refractivity contribution in [3.05, 3.63) is 71.1 Å². The smallest absolute Gasteiger partial charge is 0.246 e. The average molecular weight is 542 g/mol. The van der Waals surface area contributed by atoms with E-state index in [9.17, 15) is 9.18 Å². The SMILES string of the molecule is C=CC(=O)N1CCN(c2nc(C3CN(C(C)C)C3)nc3c(F)c(/C=C(F)/C=C\C=C\C)c(Cl)cc23)CC1C. The molecule has 0 saturated carbocycles. The van der Waals surface area contributed by atoms with Gasteiger partial charge >= 0.3 is 0 Å². The fourth-order valence-corrected chi connectivity index (χ4v) is 5.15. The number of aromatic nitrogens is 2. The van der Waals surface area contributed by atoms with Gasteiger partial charge in [0.2, 0.25) is 5.91 Å². The average Bonchev–Trinajstić information content (AvgIpc) is 2.85. The molecule has 6 nitrogen and oxygen atoms in total. The Bertz CT molecular complexity index is 1320. The number of carbonyl (C=O) groups excluding carboxylic acids is 1. The van der Waals surface area contributed by atoms with Crippen LogP contribution in [0.15, 0.2) is 48.9 Å². The second kappa shape index (κ2) is 11.7. The molecule has 38 heavy (non-hydrogen) atoms. The maximum Gasteiger partial charge on any atom is 0.246 e. The molecule has 0 aliphatic carbocycles. The van der Waals surface area contributed by atoms with Crippen LogP contribution in [0.3, 0.4) is 0 Å². The lowest BCUT2D eigenvalue weighted by Gasteiger charge is -2.42. The summed E-state index contributed by atoms with van der Waals surface area (Å²) in [4.78, 5) is 27.9. The quantitative estimate of drug-likeness (QED) is 0.323. The lowest BCUT2D eigenvalue weighted by atomic mass is 9.97. The third-order valence-corrected chi connectivity index (χ3v) is 7.46. The molecule has 9 heteroatoms. The summed E-state index contributed by atoms with van der Waals surface area (Å²) in [6.45, 7) is 14.7. The van der Waals surface area contributed by atoms with Gasteiger partial charge in [-0.2, -0.15) is 0 Å². The molecule has 4 rings (SSSR count). The fraction of sp³-hybridized carbons (Fsp3) is 0.414. The largest absolute Gasteiger partial charge is 0.352 e. The molecule has 3 heterocycles. The number of hydrogen-bond donors (Lipinski definition) is 0. The zero-order valence-corrected chi connectivity index (χ0v) is 23.1. The molecule has 0 radical (unpaired) electrons. The molecule has 1 aromatic heterocycles. The normalized spacial score (nSPS) is 19.8. The van der Waals surface area contributed by atoms with Crippen LogP contribution in [0.4, 0.5) is 14.6 Å². The topological polar surface area (TPSA) is 52.6 Å². The fourth-order valence-electron chi connectivity index (χ4n) is 4.90. The van der Waals surface area contributed by atoms with Crippen molar-refractivity contribution in [2.24, 2.45) is 0 Å². The number of allylic oxidation sites excluding steroid dienone is 5. The van der Waals surface area contributed by atoms with Gasteiger partial charge in [-0.3, -0.25) is 9.69 Å². The van der Waals surface area contributed by atoms with Crippen LogP contribution in [-0.2, 0) is 4.79 Å². The molecule has 1 atom stereocenters. The number of rotatable bonds is 7. The predicted octanol–water partition coefficient (Wildman–Crippen LogP) is 5.90. The van der Waals surface area contributed by atoms with Crippen molar-refractivity contribution in [3.63, 3.8) is 0 Å². The van der Waals surface area contributed by atoms with Crippen LogP contribution in [0.25, 0.3) is 17.0 Å². The second-order valence-electron chi connectivity index (χ2n) is 10.1. The number of anilines is 1. The zero-order valence-electron chi connectivity index (χ0n) is 22.3. The molecule has 2 aliphatic heterocycles. The number of piperazine rings is 1. The van der Waals surface area contributed by atoms with Gasteiger partial charge in [0.05, 0.1) is 5.02 Å². The van der Waals surface area contributed by atoms with Crippen molar-refractivity contribution in [1.82, 2.24) is 19.8 Å². The van der Waals surface area contributed by atoms with Crippen LogP contribution in [-0.4, -0.2) is 70.5 Å². The van der Waals surface area contributed by atoms with E-state index in [1.165, 1.54) is 18.2 Å². The number of carbonyl (C=O) groups is 1. The van der Waals surface area contributed by atoms with E-state index < -0.39 is 11.6 Å². The van der Waals surface area contributed by atoms with Gasteiger partial charge in [-0.05, 0) is 52.0 Å². The summed E-state index contributed by atoms with van der Waals surface area (Å²) >= 11 is 6.50. The number of nitrogens with zero attached hydrogens (tertiary/aromatic N) is 5. The maximum atomic E-state index is 16.0. The Morgan fingerprint density at radius 3 is 2.58 bits per heavy atom. The van der Waals surface area contributed by atoms with Gasteiger partial charge in [-0.25, -0.2) is 18.7 Å². The minimum Gasteiger partial charge on any atom is -0.352 e. The molecule has 1 amide bonds. The summed E-state index contributed by atoms with van der Waals surface area (Å²) < 4.78 is 30.5. The monoisotopic (exact) mass is 541 g/mol. The van der Waals surface area contributed by atoms with E-state index in [0.29, 0.717) is 42.7 Å². The summed E-state index contributed by atoms with van der Waals surface area (Å²) in [5, 5.41) is 0.541. The van der Waals surface area contributed by atoms with Crippen molar-refractivity contribution in [2.45, 2.75) is 45.7 Å². The molecule has 2 aromatic rings. The molecule has 202 valence electrons. The van der Waals surface area contributed by atoms with E-state index in [1.807, 2.05) is 13.8 Å². The Kier molecular flexibility index (Phi) is 8.63. The summed E-state index contributed by atoms with van der Waals surface area (Å²) in [5.41, 5.74) is 0.0655. The van der Waals surface area contributed by atoms with Crippen LogP contribution < -0.4 is 4.90 Å². The molecular formula is C29H34ClF2N5O. The van der Waals surface area contributed by atoms with Crippen LogP contribution in [0.5, 0.6) is 0 Å². The molecule has 2 fully saturated rings. The highest BCUT2D eigenvalue weighted by Gasteiger charge is 2.34. The summed E-state index contributed by atoms with van der Waals surface area (Å²) in [6, 6.07) is 1.91. The summed E-state index contributed by atoms with van der Waals surface area (Å²) in [5.74, 6) is -0.218. The van der Waals surface area contributed by atoms with E-state index in [2.05, 4.69) is 35.2 Å². The minimum absolute atomic E-state index is 0.0513. The Balaban J connectivity index is 1.80. The van der Waals surface area contributed by atoms with Crippen LogP contribution in [0, 0.1) is 5.82 Å². The first-order chi connectivity index (χ1) is 18.1. The van der Waals surface area contributed by atoms with Gasteiger partial charge in [0.25, 0.3) is 0 Å². The van der Waals surface area contributed by atoms with Crippen molar-refractivity contribution >= 4 is 40.3 Å².